The van der Waals surface area contributed by atoms with Gasteiger partial charge < -0.3 is 9.16 Å². The van der Waals surface area contributed by atoms with Crippen LogP contribution < -0.4 is 19.5 Å². The number of carbonyl (C=O) groups is 1. The van der Waals surface area contributed by atoms with Crippen LogP contribution in [0.25, 0.3) is 0 Å². The molecule has 3 nitrogen and oxygen atoms in total. The van der Waals surface area contributed by atoms with Crippen LogP contribution in [0.5, 0.6) is 11.5 Å². The summed E-state index contributed by atoms with van der Waals surface area (Å²) in [7, 11) is -1.13. The van der Waals surface area contributed by atoms with Crippen molar-refractivity contribution in [1.29, 1.82) is 0 Å². The molecular weight excluding hydrogens is 388 g/mol. The van der Waals surface area contributed by atoms with Gasteiger partial charge in [0.1, 0.15) is 0 Å². The molecule has 0 saturated heterocycles. The Hall–Kier alpha value is -2.85. The number of fused-ring (bicyclic) bond motifs is 1. The molecule has 30 heavy (non-hydrogen) atoms. The van der Waals surface area contributed by atoms with Crippen molar-refractivity contribution in [2.75, 3.05) is 7.11 Å². The van der Waals surface area contributed by atoms with Crippen LogP contribution in [0.15, 0.2) is 72.8 Å². The predicted molar refractivity (Wildman–Crippen MR) is 124 cm³/mol. The highest BCUT2D eigenvalue weighted by molar-refractivity contribution is 7.00. The van der Waals surface area contributed by atoms with Crippen molar-refractivity contribution in [2.45, 2.75) is 38.7 Å². The molecule has 4 rings (SSSR count). The number of methoxy groups -OCH3 is 1. The highest BCUT2D eigenvalue weighted by atomic mass is 28.4. The number of benzene rings is 3. The van der Waals surface area contributed by atoms with E-state index in [9.17, 15) is 4.79 Å². The first kappa shape index (κ1) is 20.4. The van der Waals surface area contributed by atoms with Gasteiger partial charge in [-0.15, -0.1) is 0 Å². The van der Waals surface area contributed by atoms with Crippen LogP contribution in [0, 0.1) is 0 Å². The van der Waals surface area contributed by atoms with Crippen LogP contribution in [0.4, 0.5) is 0 Å². The second-order valence-electron chi connectivity index (χ2n) is 8.81. The first-order chi connectivity index (χ1) is 14.4. The molecule has 0 fully saturated rings. The van der Waals surface area contributed by atoms with Crippen molar-refractivity contribution >= 4 is 24.5 Å². The zero-order valence-electron chi connectivity index (χ0n) is 18.1. The fourth-order valence-corrected chi connectivity index (χ4v) is 9.03. The highest BCUT2D eigenvalue weighted by Crippen LogP contribution is 2.44. The summed E-state index contributed by atoms with van der Waals surface area (Å²) in [5.74, 6) is 1.60. The van der Waals surface area contributed by atoms with E-state index in [1.807, 2.05) is 24.3 Å². The predicted octanol–water partition coefficient (Wildman–Crippen LogP) is 4.76. The van der Waals surface area contributed by atoms with Crippen LogP contribution in [0.3, 0.4) is 0 Å². The van der Waals surface area contributed by atoms with Gasteiger partial charge in [-0.05, 0) is 34.0 Å². The zero-order chi connectivity index (χ0) is 21.4. The normalized spacial score (nSPS) is 13.8. The largest absolute Gasteiger partial charge is 0.531 e. The fourth-order valence-electron chi connectivity index (χ4n) is 4.56. The zero-order valence-corrected chi connectivity index (χ0v) is 19.1. The van der Waals surface area contributed by atoms with Crippen molar-refractivity contribution in [3.8, 4) is 11.5 Å². The summed E-state index contributed by atoms with van der Waals surface area (Å²) in [5.41, 5.74) is 1.75. The lowest BCUT2D eigenvalue weighted by Crippen LogP contribution is -2.69. The molecule has 0 heterocycles. The van der Waals surface area contributed by atoms with Crippen molar-refractivity contribution < 1.29 is 14.0 Å². The number of carbonyl (C=O) groups excluding carboxylic acids is 1. The number of Topliss-reactive ketones (excluding diaryl/α,β-unsaturated/α-hetero) is 1. The lowest BCUT2D eigenvalue weighted by molar-refractivity contribution is 0.0994. The van der Waals surface area contributed by atoms with Gasteiger partial charge in [0.05, 0.1) is 7.11 Å². The number of ether oxygens (including phenoxy) is 1. The molecule has 0 unspecified atom stereocenters. The Labute approximate surface area is 179 Å². The van der Waals surface area contributed by atoms with Gasteiger partial charge in [-0.1, -0.05) is 81.4 Å². The number of rotatable bonds is 5. The van der Waals surface area contributed by atoms with Crippen LogP contribution in [0.2, 0.25) is 5.04 Å². The Kier molecular flexibility index (Phi) is 5.29. The minimum absolute atomic E-state index is 0.161. The van der Waals surface area contributed by atoms with Crippen molar-refractivity contribution in [3.05, 3.63) is 83.9 Å². The maximum Gasteiger partial charge on any atom is 0.320 e. The SMILES string of the molecule is COc1ccc2c(c1O[Si](c1ccccc1)(c1ccccc1)C(C)(C)C)CCC2=O. The molecule has 1 aliphatic rings. The lowest BCUT2D eigenvalue weighted by Gasteiger charge is -2.43. The second kappa shape index (κ2) is 7.76. The summed E-state index contributed by atoms with van der Waals surface area (Å²) in [4.78, 5) is 12.4. The third kappa shape index (κ3) is 3.25. The fraction of sp³-hybridized carbons (Fsp3) is 0.269. The smallest absolute Gasteiger partial charge is 0.320 e. The molecule has 0 radical (unpaired) electrons. The van der Waals surface area contributed by atoms with E-state index in [2.05, 4.69) is 69.3 Å². The van der Waals surface area contributed by atoms with E-state index < -0.39 is 8.32 Å². The van der Waals surface area contributed by atoms with Crippen molar-refractivity contribution in [1.82, 2.24) is 0 Å². The Balaban J connectivity index is 2.01. The summed E-state index contributed by atoms with van der Waals surface area (Å²) in [6.07, 6.45) is 1.22. The molecule has 0 aromatic heterocycles. The second-order valence-corrected chi connectivity index (χ2v) is 13.0. The maximum atomic E-state index is 12.4. The van der Waals surface area contributed by atoms with Gasteiger partial charge in [0.15, 0.2) is 17.3 Å². The van der Waals surface area contributed by atoms with E-state index in [1.165, 1.54) is 10.4 Å². The number of ketones is 1. The highest BCUT2D eigenvalue weighted by Gasteiger charge is 2.53. The summed E-state index contributed by atoms with van der Waals surface area (Å²) in [6, 6.07) is 24.8. The van der Waals surface area contributed by atoms with Crippen molar-refractivity contribution in [3.63, 3.8) is 0 Å². The standard InChI is InChI=1S/C26H28O3Si/c1-26(2,3)30(19-11-7-5-8-12-19,20-13-9-6-10-14-20)29-25-22-15-17-23(27)21(22)16-18-24(25)28-4/h5-14,16,18H,15,17H2,1-4H3. The number of hydrogen-bond donors (Lipinski definition) is 0. The van der Waals surface area contributed by atoms with E-state index in [1.54, 1.807) is 7.11 Å². The summed E-state index contributed by atoms with van der Waals surface area (Å²) in [6.45, 7) is 6.75. The average Bonchev–Trinajstić information content (AvgIpc) is 3.13. The van der Waals surface area contributed by atoms with Crippen LogP contribution >= 0.6 is 0 Å². The summed E-state index contributed by atoms with van der Waals surface area (Å²) < 4.78 is 12.9. The Morgan fingerprint density at radius 1 is 0.800 bits per heavy atom. The quantitative estimate of drug-likeness (QED) is 0.563. The molecule has 3 aromatic rings. The molecular formula is C26H28O3Si. The molecule has 0 saturated carbocycles. The van der Waals surface area contributed by atoms with Gasteiger partial charge in [0.2, 0.25) is 0 Å². The molecule has 1 aliphatic carbocycles. The van der Waals surface area contributed by atoms with Gasteiger partial charge in [0.25, 0.3) is 0 Å². The summed E-state index contributed by atoms with van der Waals surface area (Å²) in [5, 5.41) is 2.24. The van der Waals surface area contributed by atoms with Gasteiger partial charge >= 0.3 is 8.32 Å². The molecule has 0 bridgehead atoms. The molecule has 0 aliphatic heterocycles. The van der Waals surface area contributed by atoms with E-state index in [4.69, 9.17) is 9.16 Å². The van der Waals surface area contributed by atoms with Crippen LogP contribution in [-0.4, -0.2) is 21.2 Å². The average molecular weight is 417 g/mol. The van der Waals surface area contributed by atoms with E-state index in [-0.39, 0.29) is 10.8 Å². The van der Waals surface area contributed by atoms with Crippen LogP contribution in [0.1, 0.15) is 43.1 Å². The molecule has 154 valence electrons. The number of hydrogen-bond acceptors (Lipinski definition) is 3. The molecule has 0 spiro atoms. The minimum atomic E-state index is -2.79. The molecule has 0 atom stereocenters. The van der Waals surface area contributed by atoms with Gasteiger partial charge in [-0.3, -0.25) is 4.79 Å². The molecule has 4 heteroatoms. The topological polar surface area (TPSA) is 35.5 Å². The third-order valence-corrected chi connectivity index (χ3v) is 10.9. The maximum absolute atomic E-state index is 12.4. The molecule has 0 N–H and O–H groups in total. The Morgan fingerprint density at radius 3 is 1.87 bits per heavy atom. The molecule has 3 aromatic carbocycles. The molecule has 0 amide bonds. The summed E-state index contributed by atoms with van der Waals surface area (Å²) >= 11 is 0. The lowest BCUT2D eigenvalue weighted by atomic mass is 10.1. The van der Waals surface area contributed by atoms with Gasteiger partial charge in [0, 0.05) is 17.5 Å². The third-order valence-electron chi connectivity index (χ3n) is 6.02. The monoisotopic (exact) mass is 416 g/mol. The van der Waals surface area contributed by atoms with Gasteiger partial charge in [-0.2, -0.15) is 0 Å². The Morgan fingerprint density at radius 2 is 1.37 bits per heavy atom. The minimum Gasteiger partial charge on any atom is -0.531 e. The van der Waals surface area contributed by atoms with E-state index in [0.717, 1.165) is 16.9 Å². The van der Waals surface area contributed by atoms with Gasteiger partial charge in [-0.25, -0.2) is 0 Å². The first-order valence-electron chi connectivity index (χ1n) is 10.4. The van der Waals surface area contributed by atoms with Crippen LogP contribution in [-0.2, 0) is 6.42 Å². The van der Waals surface area contributed by atoms with Crippen molar-refractivity contribution in [2.24, 2.45) is 0 Å². The van der Waals surface area contributed by atoms with E-state index >= 15 is 0 Å². The van der Waals surface area contributed by atoms with E-state index in [0.29, 0.717) is 18.6 Å². The Bertz CT molecular complexity index is 1010. The first-order valence-corrected chi connectivity index (χ1v) is 12.3.